The van der Waals surface area contributed by atoms with Crippen molar-refractivity contribution in [3.8, 4) is 11.4 Å². The second-order valence-electron chi connectivity index (χ2n) is 3.93. The van der Waals surface area contributed by atoms with E-state index in [1.807, 2.05) is 38.2 Å². The van der Waals surface area contributed by atoms with E-state index in [0.717, 1.165) is 16.8 Å². The molecule has 0 saturated carbocycles. The predicted octanol–water partition coefficient (Wildman–Crippen LogP) is 1.46. The zero-order chi connectivity index (χ0) is 12.3. The van der Waals surface area contributed by atoms with Crippen LogP contribution in [0.15, 0.2) is 35.1 Å². The summed E-state index contributed by atoms with van der Waals surface area (Å²) in [5.41, 5.74) is 2.68. The summed E-state index contributed by atoms with van der Waals surface area (Å²) in [5.74, 6) is 0.626. The van der Waals surface area contributed by atoms with E-state index in [9.17, 15) is 4.79 Å². The molecular formula is C13H15N3O. The summed E-state index contributed by atoms with van der Waals surface area (Å²) in [4.78, 5) is 18.8. The molecule has 2 aromatic rings. The highest BCUT2D eigenvalue weighted by Gasteiger charge is 2.05. The van der Waals surface area contributed by atoms with Gasteiger partial charge in [0, 0.05) is 18.2 Å². The molecule has 1 aromatic heterocycles. The third-order valence-corrected chi connectivity index (χ3v) is 2.55. The molecule has 0 atom stereocenters. The molecule has 0 radical (unpaired) electrons. The van der Waals surface area contributed by atoms with E-state index in [1.165, 1.54) is 6.07 Å². The second kappa shape index (κ2) is 4.93. The molecule has 88 valence electrons. The molecule has 2 rings (SSSR count). The lowest BCUT2D eigenvalue weighted by Crippen LogP contribution is -2.15. The van der Waals surface area contributed by atoms with Crippen molar-refractivity contribution in [3.05, 3.63) is 51.9 Å². The summed E-state index contributed by atoms with van der Waals surface area (Å²) in [7, 11) is 1.83. The van der Waals surface area contributed by atoms with E-state index in [4.69, 9.17) is 0 Å². The first-order valence-corrected chi connectivity index (χ1v) is 5.51. The van der Waals surface area contributed by atoms with Gasteiger partial charge >= 0.3 is 0 Å². The highest BCUT2D eigenvalue weighted by Crippen LogP contribution is 2.17. The number of aromatic amines is 1. The molecule has 0 amide bonds. The molecule has 0 unspecified atom stereocenters. The second-order valence-corrected chi connectivity index (χ2v) is 3.93. The molecule has 0 bridgehead atoms. The van der Waals surface area contributed by atoms with Crippen LogP contribution in [0.1, 0.15) is 11.3 Å². The molecule has 0 aliphatic rings. The number of hydrogen-bond donors (Lipinski definition) is 2. The van der Waals surface area contributed by atoms with Crippen LogP contribution in [0.5, 0.6) is 0 Å². The van der Waals surface area contributed by atoms with Crippen molar-refractivity contribution in [2.24, 2.45) is 0 Å². The van der Waals surface area contributed by atoms with E-state index < -0.39 is 0 Å². The molecule has 4 nitrogen and oxygen atoms in total. The van der Waals surface area contributed by atoms with Crippen LogP contribution in [0.25, 0.3) is 11.4 Å². The Kier molecular flexibility index (Phi) is 3.35. The van der Waals surface area contributed by atoms with Crippen molar-refractivity contribution in [2.75, 3.05) is 7.05 Å². The van der Waals surface area contributed by atoms with Crippen molar-refractivity contribution >= 4 is 0 Å². The number of nitrogens with zero attached hydrogens (tertiary/aromatic N) is 1. The fourth-order valence-corrected chi connectivity index (χ4v) is 1.75. The molecule has 4 heteroatoms. The van der Waals surface area contributed by atoms with E-state index >= 15 is 0 Å². The van der Waals surface area contributed by atoms with Crippen LogP contribution in [0.2, 0.25) is 0 Å². The zero-order valence-electron chi connectivity index (χ0n) is 9.95. The predicted molar refractivity (Wildman–Crippen MR) is 67.8 cm³/mol. The summed E-state index contributed by atoms with van der Waals surface area (Å²) in [6.45, 7) is 2.59. The van der Waals surface area contributed by atoms with Crippen LogP contribution < -0.4 is 10.9 Å². The van der Waals surface area contributed by atoms with Crippen molar-refractivity contribution in [1.29, 1.82) is 0 Å². The van der Waals surface area contributed by atoms with Crippen LogP contribution >= 0.6 is 0 Å². The Bertz CT molecular complexity index is 575. The first-order valence-electron chi connectivity index (χ1n) is 5.51. The minimum atomic E-state index is -0.122. The number of aromatic nitrogens is 2. The van der Waals surface area contributed by atoms with E-state index in [2.05, 4.69) is 15.3 Å². The number of rotatable bonds is 3. The first-order chi connectivity index (χ1) is 8.20. The Balaban J connectivity index is 2.52. The summed E-state index contributed by atoms with van der Waals surface area (Å²) in [6.07, 6.45) is 0. The minimum absolute atomic E-state index is 0.122. The molecule has 0 spiro atoms. The minimum Gasteiger partial charge on any atom is -0.314 e. The fraction of sp³-hybridized carbons (Fsp3) is 0.231. The van der Waals surface area contributed by atoms with Crippen molar-refractivity contribution in [3.63, 3.8) is 0 Å². The summed E-state index contributed by atoms with van der Waals surface area (Å²) in [5, 5.41) is 2.99. The smallest absolute Gasteiger partial charge is 0.251 e. The van der Waals surface area contributed by atoms with E-state index in [0.29, 0.717) is 12.4 Å². The molecule has 0 fully saturated rings. The van der Waals surface area contributed by atoms with Crippen LogP contribution in [0, 0.1) is 6.92 Å². The quantitative estimate of drug-likeness (QED) is 0.837. The van der Waals surface area contributed by atoms with Crippen LogP contribution in [-0.2, 0) is 6.54 Å². The third kappa shape index (κ3) is 2.60. The Morgan fingerprint density at radius 3 is 2.82 bits per heavy atom. The average Bonchev–Trinajstić information content (AvgIpc) is 2.29. The molecule has 1 aromatic carbocycles. The monoisotopic (exact) mass is 229 g/mol. The van der Waals surface area contributed by atoms with Crippen LogP contribution in [-0.4, -0.2) is 17.0 Å². The average molecular weight is 229 g/mol. The Morgan fingerprint density at radius 1 is 1.35 bits per heavy atom. The highest BCUT2D eigenvalue weighted by molar-refractivity contribution is 5.59. The number of benzene rings is 1. The van der Waals surface area contributed by atoms with Gasteiger partial charge in [0.2, 0.25) is 0 Å². The normalized spacial score (nSPS) is 10.5. The Morgan fingerprint density at radius 2 is 2.12 bits per heavy atom. The number of H-pyrrole nitrogens is 1. The topological polar surface area (TPSA) is 57.8 Å². The van der Waals surface area contributed by atoms with Gasteiger partial charge in [-0.15, -0.1) is 0 Å². The summed E-state index contributed by atoms with van der Waals surface area (Å²) < 4.78 is 0. The first kappa shape index (κ1) is 11.5. The largest absolute Gasteiger partial charge is 0.314 e. The maximum Gasteiger partial charge on any atom is 0.251 e. The molecule has 17 heavy (non-hydrogen) atoms. The Labute approximate surface area is 99.7 Å². The van der Waals surface area contributed by atoms with Gasteiger partial charge in [0.15, 0.2) is 0 Å². The van der Waals surface area contributed by atoms with Gasteiger partial charge in [-0.25, -0.2) is 4.98 Å². The lowest BCUT2D eigenvalue weighted by Gasteiger charge is -2.06. The molecular weight excluding hydrogens is 214 g/mol. The molecule has 1 heterocycles. The lowest BCUT2D eigenvalue weighted by molar-refractivity contribution is 0.785. The summed E-state index contributed by atoms with van der Waals surface area (Å²) >= 11 is 0. The molecule has 0 aliphatic carbocycles. The fourth-order valence-electron chi connectivity index (χ4n) is 1.75. The maximum absolute atomic E-state index is 11.5. The van der Waals surface area contributed by atoms with Crippen LogP contribution in [0.4, 0.5) is 0 Å². The van der Waals surface area contributed by atoms with Crippen molar-refractivity contribution < 1.29 is 0 Å². The van der Waals surface area contributed by atoms with Gasteiger partial charge in [-0.1, -0.05) is 24.3 Å². The molecule has 2 N–H and O–H groups in total. The Hall–Kier alpha value is -1.94. The highest BCUT2D eigenvalue weighted by atomic mass is 16.1. The van der Waals surface area contributed by atoms with Gasteiger partial charge in [0.05, 0.1) is 5.69 Å². The van der Waals surface area contributed by atoms with E-state index in [1.54, 1.807) is 0 Å². The molecule has 0 saturated heterocycles. The number of hydrogen-bond acceptors (Lipinski definition) is 3. The van der Waals surface area contributed by atoms with Crippen molar-refractivity contribution in [1.82, 2.24) is 15.3 Å². The zero-order valence-corrected chi connectivity index (χ0v) is 9.95. The third-order valence-electron chi connectivity index (χ3n) is 2.55. The van der Waals surface area contributed by atoms with Gasteiger partial charge in [0.1, 0.15) is 5.82 Å². The lowest BCUT2D eigenvalue weighted by atomic mass is 10.1. The van der Waals surface area contributed by atoms with Gasteiger partial charge in [-0.05, 0) is 19.5 Å². The van der Waals surface area contributed by atoms with E-state index in [-0.39, 0.29) is 5.56 Å². The van der Waals surface area contributed by atoms with Crippen molar-refractivity contribution in [2.45, 2.75) is 13.5 Å². The maximum atomic E-state index is 11.5. The SMILES string of the molecule is CNCc1cc(=O)[nH]c(-c2ccccc2C)n1. The molecule has 0 aliphatic heterocycles. The van der Waals surface area contributed by atoms with Gasteiger partial charge in [-0.2, -0.15) is 0 Å². The summed E-state index contributed by atoms with van der Waals surface area (Å²) in [6, 6.07) is 9.37. The number of aryl methyl sites for hydroxylation is 1. The van der Waals surface area contributed by atoms with Gasteiger partial charge < -0.3 is 10.3 Å². The van der Waals surface area contributed by atoms with Gasteiger partial charge in [0.25, 0.3) is 5.56 Å². The number of nitrogens with one attached hydrogen (secondary N) is 2. The van der Waals surface area contributed by atoms with Crippen LogP contribution in [0.3, 0.4) is 0 Å². The van der Waals surface area contributed by atoms with Gasteiger partial charge in [-0.3, -0.25) is 4.79 Å². The standard InChI is InChI=1S/C13H15N3O/c1-9-5-3-4-6-11(9)13-15-10(8-14-2)7-12(17)16-13/h3-7,14H,8H2,1-2H3,(H,15,16,17).